The average Bonchev–Trinajstić information content (AvgIpc) is 3.65. The fourth-order valence-corrected chi connectivity index (χ4v) is 6.81. The number of nitrogens with one attached hydrogen (secondary N) is 4. The van der Waals surface area contributed by atoms with Crippen molar-refractivity contribution in [2.24, 2.45) is 0 Å². The monoisotopic (exact) mass is 989 g/mol. The molecule has 1 aromatic rings. The van der Waals surface area contributed by atoms with Crippen LogP contribution in [0.4, 0.5) is 8.78 Å². The van der Waals surface area contributed by atoms with Gasteiger partial charge in [0.05, 0.1) is 84.1 Å². The summed E-state index contributed by atoms with van der Waals surface area (Å²) in [6, 6.07) is 3.46. The predicted octanol–water partition coefficient (Wildman–Crippen LogP) is -2.01. The molecule has 1 aromatic carbocycles. The summed E-state index contributed by atoms with van der Waals surface area (Å²) in [6.45, 7) is 1.17. The van der Waals surface area contributed by atoms with Crippen LogP contribution in [0.3, 0.4) is 0 Å². The molecule has 23 nitrogen and oxygen atoms in total. The van der Waals surface area contributed by atoms with Crippen LogP contribution in [-0.2, 0) is 68.4 Å². The van der Waals surface area contributed by atoms with E-state index >= 15 is 0 Å². The molecule has 0 radical (unpaired) electrons. The van der Waals surface area contributed by atoms with Gasteiger partial charge in [-0.2, -0.15) is 0 Å². The Kier molecular flexibility index (Phi) is 26.9. The van der Waals surface area contributed by atoms with Crippen LogP contribution in [0.1, 0.15) is 62.5 Å². The normalized spacial score (nSPS) is 19.9. The molecule has 3 rings (SSSR count). The number of carbonyl (C=O) groups is 7. The van der Waals surface area contributed by atoms with Crippen LogP contribution < -0.4 is 21.3 Å². The molecule has 0 spiro atoms. The van der Waals surface area contributed by atoms with Crippen LogP contribution in [-0.4, -0.2) is 200 Å². The summed E-state index contributed by atoms with van der Waals surface area (Å²) in [5, 5.41) is 62.3. The molecule has 1 fully saturated rings. The number of benzene rings is 1. The first-order chi connectivity index (χ1) is 33.1. The Morgan fingerprint density at radius 2 is 1.32 bits per heavy atom. The summed E-state index contributed by atoms with van der Waals surface area (Å²) in [6.07, 6.45) is -6.48. The van der Waals surface area contributed by atoms with E-state index in [-0.39, 0.29) is 76.2 Å². The van der Waals surface area contributed by atoms with Gasteiger partial charge in [0.2, 0.25) is 23.6 Å². The van der Waals surface area contributed by atoms with Crippen molar-refractivity contribution in [3.63, 3.8) is 0 Å². The van der Waals surface area contributed by atoms with Gasteiger partial charge in [0.1, 0.15) is 18.8 Å². The Morgan fingerprint density at radius 3 is 1.93 bits per heavy atom. The summed E-state index contributed by atoms with van der Waals surface area (Å²) in [4.78, 5) is 85.1. The van der Waals surface area contributed by atoms with Crippen molar-refractivity contribution >= 4 is 41.4 Å². The summed E-state index contributed by atoms with van der Waals surface area (Å²) >= 11 is 0. The summed E-state index contributed by atoms with van der Waals surface area (Å²) in [7, 11) is 0. The van der Waals surface area contributed by atoms with Crippen LogP contribution in [0.15, 0.2) is 36.4 Å². The molecule has 6 atom stereocenters. The number of aliphatic hydroxyl groups is 4. The molecule has 0 aromatic heterocycles. The van der Waals surface area contributed by atoms with Crippen molar-refractivity contribution in [2.45, 2.75) is 94.0 Å². The zero-order chi connectivity index (χ0) is 50.6. The maximum Gasteiger partial charge on any atom is 0.364 e. The number of unbranched alkanes of at least 4 members (excludes halogenated alkanes) is 3. The fourth-order valence-electron chi connectivity index (χ4n) is 6.81. The third kappa shape index (κ3) is 21.6. The van der Waals surface area contributed by atoms with E-state index in [1.54, 1.807) is 0 Å². The van der Waals surface area contributed by atoms with E-state index < -0.39 is 91.8 Å². The molecule has 6 amide bonds. The van der Waals surface area contributed by atoms with Crippen molar-refractivity contribution in [1.29, 1.82) is 0 Å². The predicted molar refractivity (Wildman–Crippen MR) is 234 cm³/mol. The Bertz CT molecular complexity index is 1800. The first kappa shape index (κ1) is 58.2. The highest BCUT2D eigenvalue weighted by Gasteiger charge is 2.55. The van der Waals surface area contributed by atoms with Crippen LogP contribution in [0, 0.1) is 0 Å². The zero-order valence-corrected chi connectivity index (χ0v) is 38.2. The SMILES string of the molecule is O=C(CCOCCOCCOCCOCCNC(=O)CCN1C(=O)C=CC1=O)NCCCCCCO[C@]1(C(=O)O)C[C@H](O)[C@@H](NC(=O)CO)[C@H]([C@H](O)[C@H](O)CNC(=O)Cc2ccc(C(F)F)cc2)O1. The number of carbonyl (C=O) groups excluding carboxylic acids is 6. The second kappa shape index (κ2) is 31.9. The topological polar surface area (TPSA) is 327 Å². The average molecular weight is 990 g/mol. The molecule has 0 aliphatic carbocycles. The van der Waals surface area contributed by atoms with Gasteiger partial charge in [-0.25, -0.2) is 13.6 Å². The number of carboxylic acid groups (broad SMARTS) is 1. The lowest BCUT2D eigenvalue weighted by Crippen LogP contribution is -2.68. The first-order valence-electron chi connectivity index (χ1n) is 22.6. The van der Waals surface area contributed by atoms with Crippen LogP contribution in [0.5, 0.6) is 0 Å². The molecule has 9 N–H and O–H groups in total. The molecule has 0 unspecified atom stereocenters. The van der Waals surface area contributed by atoms with E-state index in [0.717, 1.165) is 29.2 Å². The molecule has 2 heterocycles. The number of carboxylic acids is 1. The second-order valence-electron chi connectivity index (χ2n) is 15.8. The van der Waals surface area contributed by atoms with Crippen molar-refractivity contribution in [1.82, 2.24) is 26.2 Å². The number of imide groups is 1. The lowest BCUT2D eigenvalue weighted by atomic mass is 9.88. The number of aliphatic hydroxyl groups excluding tert-OH is 4. The number of amides is 6. The summed E-state index contributed by atoms with van der Waals surface area (Å²) in [5.41, 5.74) is 0.153. The third-order valence-electron chi connectivity index (χ3n) is 10.6. The summed E-state index contributed by atoms with van der Waals surface area (Å²) in [5.74, 6) is -7.23. The van der Waals surface area contributed by atoms with E-state index in [1.807, 2.05) is 0 Å². The highest BCUT2D eigenvalue weighted by Crippen LogP contribution is 2.34. The van der Waals surface area contributed by atoms with E-state index in [0.29, 0.717) is 70.8 Å². The van der Waals surface area contributed by atoms with Crippen molar-refractivity contribution < 1.29 is 96.3 Å². The minimum absolute atomic E-state index is 0.00278. The molecule has 69 heavy (non-hydrogen) atoms. The van der Waals surface area contributed by atoms with Gasteiger partial charge in [-0.15, -0.1) is 0 Å². The lowest BCUT2D eigenvalue weighted by molar-refractivity contribution is -0.310. The molecule has 0 bridgehead atoms. The van der Waals surface area contributed by atoms with E-state index in [4.69, 9.17) is 28.4 Å². The van der Waals surface area contributed by atoms with Gasteiger partial charge < -0.3 is 75.2 Å². The van der Waals surface area contributed by atoms with E-state index in [1.165, 1.54) is 12.1 Å². The molecule has 1 saturated heterocycles. The number of hydrogen-bond acceptors (Lipinski definition) is 17. The standard InChI is InChI=1S/C44H65F2N5O18/c45-42(46)30-7-5-29(6-8-30)25-35(57)49-27-32(54)40(61)41-39(50-36(58)28-52)31(53)26-44(69-41,43(62)63)68-16-4-2-1-3-13-47-34(56)12-17-64-19-21-66-23-24-67-22-20-65-18-14-48-33(55)11-15-51-37(59)9-10-38(51)60/h5-10,31-32,39-42,52-54,61H,1-4,11-28H2,(H,47,56)(H,48,55)(H,49,57)(H,50,58)(H,62,63)/t31-,32+,39+,40+,41+,44+/m0/s1. The zero-order valence-electron chi connectivity index (χ0n) is 38.2. The Balaban J connectivity index is 1.22. The second-order valence-corrected chi connectivity index (χ2v) is 15.8. The Hall–Kier alpha value is -5.09. The number of aliphatic carboxylic acids is 1. The number of hydrogen-bond donors (Lipinski definition) is 9. The number of ether oxygens (including phenoxy) is 6. The highest BCUT2D eigenvalue weighted by molar-refractivity contribution is 6.13. The van der Waals surface area contributed by atoms with Gasteiger partial charge in [-0.05, 0) is 18.4 Å². The highest BCUT2D eigenvalue weighted by atomic mass is 19.3. The van der Waals surface area contributed by atoms with Crippen LogP contribution in [0.2, 0.25) is 0 Å². The van der Waals surface area contributed by atoms with Crippen molar-refractivity contribution in [3.05, 3.63) is 47.5 Å². The van der Waals surface area contributed by atoms with Gasteiger partial charge in [-0.1, -0.05) is 37.1 Å². The van der Waals surface area contributed by atoms with Crippen molar-refractivity contribution in [2.75, 3.05) is 92.2 Å². The smallest absolute Gasteiger partial charge is 0.364 e. The molecule has 2 aliphatic rings. The van der Waals surface area contributed by atoms with E-state index in [9.17, 15) is 67.9 Å². The third-order valence-corrected chi connectivity index (χ3v) is 10.6. The minimum Gasteiger partial charge on any atom is -0.477 e. The molecule has 2 aliphatic heterocycles. The van der Waals surface area contributed by atoms with Gasteiger partial charge in [0.15, 0.2) is 0 Å². The first-order valence-corrected chi connectivity index (χ1v) is 22.6. The number of halogens is 2. The maximum atomic E-state index is 12.9. The fraction of sp³-hybridized carbons (Fsp3) is 0.659. The minimum atomic E-state index is -2.69. The van der Waals surface area contributed by atoms with Gasteiger partial charge in [0, 0.05) is 63.2 Å². The summed E-state index contributed by atoms with van der Waals surface area (Å²) < 4.78 is 58.7. The van der Waals surface area contributed by atoms with Crippen LogP contribution in [0.25, 0.3) is 0 Å². The van der Waals surface area contributed by atoms with Crippen molar-refractivity contribution in [3.8, 4) is 0 Å². The van der Waals surface area contributed by atoms with Crippen LogP contribution >= 0.6 is 0 Å². The quantitative estimate of drug-likeness (QED) is 0.0259. The van der Waals surface area contributed by atoms with E-state index in [2.05, 4.69) is 21.3 Å². The number of rotatable bonds is 36. The molecule has 25 heteroatoms. The number of alkyl halides is 2. The molecule has 388 valence electrons. The van der Waals surface area contributed by atoms with Gasteiger partial charge in [-0.3, -0.25) is 33.7 Å². The number of nitrogens with zero attached hydrogens (tertiary/aromatic N) is 1. The van der Waals surface area contributed by atoms with Gasteiger partial charge >= 0.3 is 5.97 Å². The Morgan fingerprint density at radius 1 is 0.739 bits per heavy atom. The molecular formula is C44H65F2N5O18. The van der Waals surface area contributed by atoms with Gasteiger partial charge in [0.25, 0.3) is 24.0 Å². The largest absolute Gasteiger partial charge is 0.477 e. The molecular weight excluding hydrogens is 924 g/mol. The molecule has 0 saturated carbocycles. The maximum absolute atomic E-state index is 12.9. The lowest BCUT2D eigenvalue weighted by Gasteiger charge is -2.46. The Labute approximate surface area is 397 Å².